The standard InChI is InChI=1S/C36H37N3O2/c1(9-20-37-36-30-14-5-6-16-32(30)38-33-17-11-15-31(33)36)2-10-21-39(24-28-22-26-12-3-7-18-34(26)40-28)25-29-23-27-13-4-8-19-35(27)41-29/h3-8,12-14,16,18-19,22-23H,1-2,9-11,15,17,20-21,24-25H2,(H,37,38). The molecule has 0 bridgehead atoms. The van der Waals surface area contributed by atoms with E-state index in [1.165, 1.54) is 48.0 Å². The average Bonchev–Trinajstić information content (AvgIpc) is 3.73. The Morgan fingerprint density at radius 3 is 2.10 bits per heavy atom. The molecule has 0 atom stereocenters. The second kappa shape index (κ2) is 11.8. The molecule has 1 N–H and O–H groups in total. The molecule has 1 aliphatic rings. The fraction of sp³-hybridized carbons (Fsp3) is 0.306. The van der Waals surface area contributed by atoms with E-state index in [0.717, 1.165) is 84.4 Å². The van der Waals surface area contributed by atoms with Gasteiger partial charge in [0.1, 0.15) is 22.7 Å². The summed E-state index contributed by atoms with van der Waals surface area (Å²) in [6, 6.07) is 29.4. The zero-order valence-corrected chi connectivity index (χ0v) is 23.6. The molecular weight excluding hydrogens is 506 g/mol. The van der Waals surface area contributed by atoms with E-state index in [4.69, 9.17) is 13.8 Å². The van der Waals surface area contributed by atoms with Crippen molar-refractivity contribution in [3.63, 3.8) is 0 Å². The predicted octanol–water partition coefficient (Wildman–Crippen LogP) is 8.89. The van der Waals surface area contributed by atoms with E-state index < -0.39 is 0 Å². The number of fused-ring (bicyclic) bond motifs is 4. The van der Waals surface area contributed by atoms with E-state index >= 15 is 0 Å². The van der Waals surface area contributed by atoms with Gasteiger partial charge in [-0.15, -0.1) is 0 Å². The Kier molecular flexibility index (Phi) is 7.44. The molecule has 5 heteroatoms. The molecule has 6 aromatic rings. The van der Waals surface area contributed by atoms with Crippen molar-refractivity contribution >= 4 is 38.5 Å². The highest BCUT2D eigenvalue weighted by molar-refractivity contribution is 5.93. The van der Waals surface area contributed by atoms with Crippen molar-refractivity contribution in [3.05, 3.63) is 108 Å². The Hall–Kier alpha value is -4.09. The number of nitrogens with zero attached hydrogens (tertiary/aromatic N) is 2. The van der Waals surface area contributed by atoms with Crippen LogP contribution < -0.4 is 5.32 Å². The number of pyridine rings is 1. The predicted molar refractivity (Wildman–Crippen MR) is 167 cm³/mol. The first-order valence-electron chi connectivity index (χ1n) is 15.1. The second-order valence-corrected chi connectivity index (χ2v) is 11.3. The van der Waals surface area contributed by atoms with Crippen LogP contribution >= 0.6 is 0 Å². The van der Waals surface area contributed by atoms with Gasteiger partial charge in [0.15, 0.2) is 0 Å². The van der Waals surface area contributed by atoms with Gasteiger partial charge in [-0.2, -0.15) is 0 Å². The van der Waals surface area contributed by atoms with Crippen LogP contribution in [0.15, 0.2) is 93.8 Å². The van der Waals surface area contributed by atoms with Gasteiger partial charge in [0.2, 0.25) is 0 Å². The number of nitrogens with one attached hydrogen (secondary N) is 1. The third-order valence-electron chi connectivity index (χ3n) is 8.33. The minimum Gasteiger partial charge on any atom is -0.460 e. The van der Waals surface area contributed by atoms with Crippen LogP contribution in [-0.2, 0) is 25.9 Å². The van der Waals surface area contributed by atoms with Gasteiger partial charge < -0.3 is 14.2 Å². The normalized spacial score (nSPS) is 13.1. The maximum Gasteiger partial charge on any atom is 0.134 e. The summed E-state index contributed by atoms with van der Waals surface area (Å²) < 4.78 is 12.3. The van der Waals surface area contributed by atoms with Crippen molar-refractivity contribution in [3.8, 4) is 0 Å². The van der Waals surface area contributed by atoms with Gasteiger partial charge >= 0.3 is 0 Å². The van der Waals surface area contributed by atoms with Gasteiger partial charge in [-0.25, -0.2) is 0 Å². The third-order valence-corrected chi connectivity index (χ3v) is 8.33. The Labute approximate surface area is 241 Å². The lowest BCUT2D eigenvalue weighted by molar-refractivity contribution is 0.217. The summed E-state index contributed by atoms with van der Waals surface area (Å²) >= 11 is 0. The summed E-state index contributed by atoms with van der Waals surface area (Å²) in [5.74, 6) is 2.01. The minimum absolute atomic E-state index is 0.771. The highest BCUT2D eigenvalue weighted by Crippen LogP contribution is 2.34. The smallest absolute Gasteiger partial charge is 0.134 e. The quantitative estimate of drug-likeness (QED) is 0.156. The van der Waals surface area contributed by atoms with Crippen molar-refractivity contribution in [2.45, 2.75) is 58.0 Å². The molecule has 0 unspecified atom stereocenters. The molecule has 3 aromatic carbocycles. The zero-order chi connectivity index (χ0) is 27.4. The molecule has 0 aliphatic heterocycles. The first-order chi connectivity index (χ1) is 20.3. The number of furan rings is 2. The summed E-state index contributed by atoms with van der Waals surface area (Å²) in [6.07, 6.45) is 8.18. The molecule has 3 heterocycles. The topological polar surface area (TPSA) is 54.4 Å². The Bertz CT molecular complexity index is 1640. The number of hydrogen-bond acceptors (Lipinski definition) is 5. The number of unbranched alkanes of at least 4 members (excludes halogenated alkanes) is 3. The molecule has 0 radical (unpaired) electrons. The zero-order valence-electron chi connectivity index (χ0n) is 23.6. The van der Waals surface area contributed by atoms with Crippen LogP contribution in [-0.4, -0.2) is 23.0 Å². The number of anilines is 1. The maximum atomic E-state index is 6.17. The van der Waals surface area contributed by atoms with Crippen molar-refractivity contribution < 1.29 is 8.83 Å². The SMILES string of the molecule is c1ccc2oc(CN(CCCCCCNc3c4c(nc5ccccc35)CCC4)Cc3cc4ccccc4o3)cc2c1. The van der Waals surface area contributed by atoms with Gasteiger partial charge in [-0.05, 0) is 74.5 Å². The fourth-order valence-corrected chi connectivity index (χ4v) is 6.32. The van der Waals surface area contributed by atoms with Crippen molar-refractivity contribution in [1.82, 2.24) is 9.88 Å². The number of benzene rings is 3. The lowest BCUT2D eigenvalue weighted by Crippen LogP contribution is -2.23. The van der Waals surface area contributed by atoms with E-state index in [0.29, 0.717) is 0 Å². The number of para-hydroxylation sites is 3. The molecule has 0 saturated heterocycles. The lowest BCUT2D eigenvalue weighted by Gasteiger charge is -2.20. The molecule has 41 heavy (non-hydrogen) atoms. The lowest BCUT2D eigenvalue weighted by atomic mass is 10.1. The van der Waals surface area contributed by atoms with E-state index in [1.807, 2.05) is 24.3 Å². The van der Waals surface area contributed by atoms with E-state index in [-0.39, 0.29) is 0 Å². The monoisotopic (exact) mass is 543 g/mol. The summed E-state index contributed by atoms with van der Waals surface area (Å²) in [5, 5.41) is 7.38. The first-order valence-corrected chi connectivity index (χ1v) is 15.1. The Balaban J connectivity index is 0.953. The van der Waals surface area contributed by atoms with E-state index in [2.05, 4.69) is 70.9 Å². The average molecular weight is 544 g/mol. The largest absolute Gasteiger partial charge is 0.460 e. The van der Waals surface area contributed by atoms with E-state index in [1.54, 1.807) is 0 Å². The van der Waals surface area contributed by atoms with Crippen LogP contribution in [0.25, 0.3) is 32.8 Å². The third kappa shape index (κ3) is 5.73. The summed E-state index contributed by atoms with van der Waals surface area (Å²) in [5.41, 5.74) is 7.07. The van der Waals surface area contributed by atoms with Crippen molar-refractivity contribution in [1.29, 1.82) is 0 Å². The molecule has 3 aromatic heterocycles. The highest BCUT2D eigenvalue weighted by Gasteiger charge is 2.19. The van der Waals surface area contributed by atoms with E-state index in [9.17, 15) is 0 Å². The Morgan fingerprint density at radius 2 is 1.37 bits per heavy atom. The van der Waals surface area contributed by atoms with Crippen LogP contribution in [0.3, 0.4) is 0 Å². The fourth-order valence-electron chi connectivity index (χ4n) is 6.32. The van der Waals surface area contributed by atoms with Gasteiger partial charge in [0.25, 0.3) is 0 Å². The molecular formula is C36H37N3O2. The molecule has 1 aliphatic carbocycles. The Morgan fingerprint density at radius 1 is 0.707 bits per heavy atom. The molecule has 0 amide bonds. The number of rotatable bonds is 12. The summed E-state index contributed by atoms with van der Waals surface area (Å²) in [7, 11) is 0. The van der Waals surface area contributed by atoms with Crippen LogP contribution in [0.2, 0.25) is 0 Å². The summed E-state index contributed by atoms with van der Waals surface area (Å²) in [4.78, 5) is 7.39. The van der Waals surface area contributed by atoms with Gasteiger partial charge in [0, 0.05) is 34.1 Å². The highest BCUT2D eigenvalue weighted by atomic mass is 16.3. The molecule has 208 valence electrons. The van der Waals surface area contributed by atoms with Crippen LogP contribution in [0, 0.1) is 0 Å². The van der Waals surface area contributed by atoms with Gasteiger partial charge in [-0.1, -0.05) is 67.4 Å². The minimum atomic E-state index is 0.771. The molecule has 0 spiro atoms. The molecule has 0 fully saturated rings. The molecule has 5 nitrogen and oxygen atoms in total. The summed E-state index contributed by atoms with van der Waals surface area (Å²) in [6.45, 7) is 3.55. The number of hydrogen-bond donors (Lipinski definition) is 1. The van der Waals surface area contributed by atoms with Crippen LogP contribution in [0.1, 0.15) is 54.9 Å². The number of aryl methyl sites for hydroxylation is 1. The maximum absolute atomic E-state index is 6.17. The molecule has 0 saturated carbocycles. The van der Waals surface area contributed by atoms with Gasteiger partial charge in [0.05, 0.1) is 18.6 Å². The van der Waals surface area contributed by atoms with Gasteiger partial charge in [-0.3, -0.25) is 9.88 Å². The number of aromatic nitrogens is 1. The van der Waals surface area contributed by atoms with Crippen LogP contribution in [0.4, 0.5) is 5.69 Å². The molecule has 7 rings (SSSR count). The van der Waals surface area contributed by atoms with Crippen molar-refractivity contribution in [2.24, 2.45) is 0 Å². The second-order valence-electron chi connectivity index (χ2n) is 11.3. The first kappa shape index (κ1) is 25.8. The van der Waals surface area contributed by atoms with Crippen LogP contribution in [0.5, 0.6) is 0 Å². The van der Waals surface area contributed by atoms with Crippen molar-refractivity contribution in [2.75, 3.05) is 18.4 Å².